The second-order valence-electron chi connectivity index (χ2n) is 3.78. The van der Waals surface area contributed by atoms with E-state index in [1.807, 2.05) is 13.0 Å². The van der Waals surface area contributed by atoms with Crippen molar-refractivity contribution in [3.8, 4) is 0 Å². The van der Waals surface area contributed by atoms with E-state index >= 15 is 0 Å². The SMILES string of the molecule is CC(CS(C)(=O)=O)NCCc1cccs1. The lowest BCUT2D eigenvalue weighted by atomic mass is 10.3. The van der Waals surface area contributed by atoms with Gasteiger partial charge in [0, 0.05) is 23.7 Å². The average molecular weight is 247 g/mol. The predicted molar refractivity (Wildman–Crippen MR) is 65.2 cm³/mol. The lowest BCUT2D eigenvalue weighted by Gasteiger charge is -2.11. The molecule has 1 rings (SSSR count). The molecule has 1 heterocycles. The van der Waals surface area contributed by atoms with Crippen LogP contribution in [-0.4, -0.2) is 33.0 Å². The summed E-state index contributed by atoms with van der Waals surface area (Å²) in [5.41, 5.74) is 0. The Morgan fingerprint density at radius 3 is 2.80 bits per heavy atom. The highest BCUT2D eigenvalue weighted by molar-refractivity contribution is 7.90. The number of sulfone groups is 1. The van der Waals surface area contributed by atoms with Crippen LogP contribution < -0.4 is 5.32 Å². The van der Waals surface area contributed by atoms with Gasteiger partial charge in [-0.2, -0.15) is 0 Å². The van der Waals surface area contributed by atoms with Crippen LogP contribution in [0.4, 0.5) is 0 Å². The highest BCUT2D eigenvalue weighted by Crippen LogP contribution is 2.08. The van der Waals surface area contributed by atoms with E-state index in [1.165, 1.54) is 11.1 Å². The van der Waals surface area contributed by atoms with Crippen molar-refractivity contribution < 1.29 is 8.42 Å². The maximum atomic E-state index is 11.0. The summed E-state index contributed by atoms with van der Waals surface area (Å²) >= 11 is 1.73. The number of rotatable bonds is 6. The van der Waals surface area contributed by atoms with E-state index in [4.69, 9.17) is 0 Å². The van der Waals surface area contributed by atoms with E-state index < -0.39 is 9.84 Å². The molecule has 0 spiro atoms. The van der Waals surface area contributed by atoms with Crippen molar-refractivity contribution in [2.24, 2.45) is 0 Å². The Balaban J connectivity index is 2.20. The molecule has 1 unspecified atom stereocenters. The van der Waals surface area contributed by atoms with Gasteiger partial charge in [-0.25, -0.2) is 8.42 Å². The third kappa shape index (κ3) is 5.92. The van der Waals surface area contributed by atoms with Gasteiger partial charge in [-0.1, -0.05) is 6.07 Å². The molecule has 0 fully saturated rings. The molecule has 0 aliphatic carbocycles. The van der Waals surface area contributed by atoms with Crippen LogP contribution in [0.2, 0.25) is 0 Å². The Morgan fingerprint density at radius 2 is 2.27 bits per heavy atom. The van der Waals surface area contributed by atoms with Gasteiger partial charge >= 0.3 is 0 Å². The number of nitrogens with one attached hydrogen (secondary N) is 1. The molecular weight excluding hydrogens is 230 g/mol. The molecule has 86 valence electrons. The van der Waals surface area contributed by atoms with E-state index in [0.29, 0.717) is 0 Å². The van der Waals surface area contributed by atoms with Crippen LogP contribution in [0, 0.1) is 0 Å². The van der Waals surface area contributed by atoms with Crippen molar-refractivity contribution >= 4 is 21.2 Å². The molecule has 0 amide bonds. The molecule has 5 heteroatoms. The zero-order valence-corrected chi connectivity index (χ0v) is 10.7. The van der Waals surface area contributed by atoms with Crippen LogP contribution in [0.3, 0.4) is 0 Å². The molecule has 1 aromatic heterocycles. The van der Waals surface area contributed by atoms with Gasteiger partial charge in [-0.15, -0.1) is 11.3 Å². The lowest BCUT2D eigenvalue weighted by molar-refractivity contribution is 0.562. The number of hydrogen-bond donors (Lipinski definition) is 1. The van der Waals surface area contributed by atoms with Crippen LogP contribution in [0.15, 0.2) is 17.5 Å². The number of thiophene rings is 1. The quantitative estimate of drug-likeness (QED) is 0.824. The highest BCUT2D eigenvalue weighted by Gasteiger charge is 2.09. The number of hydrogen-bond acceptors (Lipinski definition) is 4. The first-order valence-electron chi connectivity index (χ1n) is 4.91. The van der Waals surface area contributed by atoms with Crippen LogP contribution in [-0.2, 0) is 16.3 Å². The Labute approximate surface area is 95.4 Å². The maximum Gasteiger partial charge on any atom is 0.148 e. The Hall–Kier alpha value is -0.390. The average Bonchev–Trinajstić information content (AvgIpc) is 2.53. The molecule has 0 radical (unpaired) electrons. The zero-order valence-electron chi connectivity index (χ0n) is 9.06. The van der Waals surface area contributed by atoms with Crippen LogP contribution in [0.1, 0.15) is 11.8 Å². The molecule has 0 aliphatic heterocycles. The maximum absolute atomic E-state index is 11.0. The summed E-state index contributed by atoms with van der Waals surface area (Å²) in [6, 6.07) is 4.15. The second kappa shape index (κ2) is 5.63. The fourth-order valence-electron chi connectivity index (χ4n) is 1.41. The van der Waals surface area contributed by atoms with Crippen molar-refractivity contribution in [2.45, 2.75) is 19.4 Å². The van der Waals surface area contributed by atoms with E-state index in [-0.39, 0.29) is 11.8 Å². The summed E-state index contributed by atoms with van der Waals surface area (Å²) in [4.78, 5) is 1.33. The molecule has 0 saturated heterocycles. The molecule has 1 aromatic rings. The van der Waals surface area contributed by atoms with Crippen molar-refractivity contribution in [1.82, 2.24) is 5.32 Å². The van der Waals surface area contributed by atoms with Gasteiger partial charge in [-0.3, -0.25) is 0 Å². The lowest BCUT2D eigenvalue weighted by Crippen LogP contribution is -2.33. The van der Waals surface area contributed by atoms with Crippen molar-refractivity contribution in [2.75, 3.05) is 18.6 Å². The van der Waals surface area contributed by atoms with Gasteiger partial charge < -0.3 is 5.32 Å². The Morgan fingerprint density at radius 1 is 1.53 bits per heavy atom. The van der Waals surface area contributed by atoms with E-state index in [2.05, 4.69) is 16.8 Å². The van der Waals surface area contributed by atoms with Gasteiger partial charge in [0.2, 0.25) is 0 Å². The van der Waals surface area contributed by atoms with Crippen LogP contribution in [0.5, 0.6) is 0 Å². The van der Waals surface area contributed by atoms with E-state index in [0.717, 1.165) is 13.0 Å². The molecule has 1 N–H and O–H groups in total. The summed E-state index contributed by atoms with van der Waals surface area (Å²) in [5, 5.41) is 5.26. The van der Waals surface area contributed by atoms with Gasteiger partial charge in [-0.05, 0) is 24.8 Å². The smallest absolute Gasteiger partial charge is 0.148 e. The molecule has 0 saturated carbocycles. The molecule has 0 bridgehead atoms. The third-order valence-corrected chi connectivity index (χ3v) is 4.04. The fraction of sp³-hybridized carbons (Fsp3) is 0.600. The van der Waals surface area contributed by atoms with E-state index in [9.17, 15) is 8.42 Å². The summed E-state index contributed by atoms with van der Waals surface area (Å²) in [7, 11) is -2.87. The van der Waals surface area contributed by atoms with Gasteiger partial charge in [0.1, 0.15) is 9.84 Å². The monoisotopic (exact) mass is 247 g/mol. The summed E-state index contributed by atoms with van der Waals surface area (Å²) in [5.74, 6) is 0.206. The van der Waals surface area contributed by atoms with Crippen molar-refractivity contribution in [3.05, 3.63) is 22.4 Å². The van der Waals surface area contributed by atoms with Crippen LogP contribution >= 0.6 is 11.3 Å². The fourth-order valence-corrected chi connectivity index (χ4v) is 3.14. The predicted octanol–water partition coefficient (Wildman–Crippen LogP) is 1.31. The molecule has 0 aliphatic rings. The minimum absolute atomic E-state index is 0.0277. The molecule has 0 aromatic carbocycles. The molecule has 3 nitrogen and oxygen atoms in total. The molecule has 1 atom stereocenters. The Kier molecular flexibility index (Phi) is 4.76. The summed E-state index contributed by atoms with van der Waals surface area (Å²) in [6.45, 7) is 2.73. The van der Waals surface area contributed by atoms with Gasteiger partial charge in [0.25, 0.3) is 0 Å². The van der Waals surface area contributed by atoms with Crippen LogP contribution in [0.25, 0.3) is 0 Å². The highest BCUT2D eigenvalue weighted by atomic mass is 32.2. The minimum Gasteiger partial charge on any atom is -0.313 e. The Bertz CT molecular complexity index is 370. The van der Waals surface area contributed by atoms with Crippen molar-refractivity contribution in [1.29, 1.82) is 0 Å². The molecule has 15 heavy (non-hydrogen) atoms. The second-order valence-corrected chi connectivity index (χ2v) is 6.99. The summed E-state index contributed by atoms with van der Waals surface area (Å²) < 4.78 is 22.0. The minimum atomic E-state index is -2.87. The molecular formula is C10H17NO2S2. The first kappa shape index (κ1) is 12.7. The topological polar surface area (TPSA) is 46.2 Å². The standard InChI is InChI=1S/C10H17NO2S2/c1-9(8-15(2,12)13)11-6-5-10-4-3-7-14-10/h3-4,7,9,11H,5-6,8H2,1-2H3. The largest absolute Gasteiger partial charge is 0.313 e. The first-order chi connectivity index (χ1) is 6.97. The summed E-state index contributed by atoms with van der Waals surface area (Å²) in [6.07, 6.45) is 2.23. The zero-order chi connectivity index (χ0) is 11.3. The third-order valence-electron chi connectivity index (χ3n) is 2.00. The van der Waals surface area contributed by atoms with Gasteiger partial charge in [0.05, 0.1) is 5.75 Å². The van der Waals surface area contributed by atoms with Gasteiger partial charge in [0.15, 0.2) is 0 Å². The van der Waals surface area contributed by atoms with Crippen molar-refractivity contribution in [3.63, 3.8) is 0 Å². The first-order valence-corrected chi connectivity index (χ1v) is 7.85. The normalized spacial score (nSPS) is 14.0. The van der Waals surface area contributed by atoms with E-state index in [1.54, 1.807) is 11.3 Å².